The standard InChI is InChI=1S/C25H30N4O3S/c1-18(2)23(24-26-21-10-6-7-11-22(21)27-24)28-25(30)20-12-15-29(16-13-20)33(31,32)17-14-19-8-4-3-5-9-19/h3-11,14,17-18,20,23H,12-13,15-16H2,1-2H3,(H,26,27)(H,28,30)/b17-14+. The number of carbonyl (C=O) groups excluding carboxylic acids is 1. The number of carbonyl (C=O) groups is 1. The topological polar surface area (TPSA) is 95.2 Å². The van der Waals surface area contributed by atoms with Gasteiger partial charge in [0, 0.05) is 24.4 Å². The SMILES string of the molecule is CC(C)C(NC(=O)C1CCN(S(=O)(=O)/C=C/c2ccccc2)CC1)c1nc2ccccc2[nH]1. The molecule has 7 nitrogen and oxygen atoms in total. The molecule has 4 rings (SSSR count). The lowest BCUT2D eigenvalue weighted by Gasteiger charge is -2.31. The highest BCUT2D eigenvalue weighted by Crippen LogP contribution is 2.25. The van der Waals surface area contributed by atoms with Crippen molar-refractivity contribution in [2.75, 3.05) is 13.1 Å². The molecule has 1 aromatic heterocycles. The maximum Gasteiger partial charge on any atom is 0.236 e. The zero-order chi connectivity index (χ0) is 23.4. The van der Waals surface area contributed by atoms with Gasteiger partial charge in [-0.3, -0.25) is 4.79 Å². The Balaban J connectivity index is 1.37. The van der Waals surface area contributed by atoms with Crippen molar-refractivity contribution in [2.45, 2.75) is 32.7 Å². The van der Waals surface area contributed by atoms with Crippen LogP contribution in [0.2, 0.25) is 0 Å². The van der Waals surface area contributed by atoms with Gasteiger partial charge in [0.1, 0.15) is 5.82 Å². The van der Waals surface area contributed by atoms with E-state index in [1.165, 1.54) is 9.71 Å². The smallest absolute Gasteiger partial charge is 0.236 e. The molecule has 3 aromatic rings. The first-order chi connectivity index (χ1) is 15.8. The fourth-order valence-electron chi connectivity index (χ4n) is 4.13. The number of fused-ring (bicyclic) bond motifs is 1. The van der Waals surface area contributed by atoms with E-state index >= 15 is 0 Å². The number of nitrogens with one attached hydrogen (secondary N) is 2. The summed E-state index contributed by atoms with van der Waals surface area (Å²) in [4.78, 5) is 21.0. The van der Waals surface area contributed by atoms with Crippen LogP contribution < -0.4 is 5.32 Å². The Morgan fingerprint density at radius 2 is 1.76 bits per heavy atom. The normalized spacial score (nSPS) is 17.1. The Morgan fingerprint density at radius 3 is 2.42 bits per heavy atom. The molecule has 8 heteroatoms. The lowest BCUT2D eigenvalue weighted by molar-refractivity contribution is -0.127. The van der Waals surface area contributed by atoms with Gasteiger partial charge >= 0.3 is 0 Å². The number of aromatic amines is 1. The molecule has 1 saturated heterocycles. The fourth-order valence-corrected chi connectivity index (χ4v) is 5.35. The summed E-state index contributed by atoms with van der Waals surface area (Å²) in [6.45, 7) is 4.76. The van der Waals surface area contributed by atoms with E-state index in [1.807, 2.05) is 68.4 Å². The summed E-state index contributed by atoms with van der Waals surface area (Å²) in [7, 11) is -3.52. The zero-order valence-corrected chi connectivity index (χ0v) is 19.8. The summed E-state index contributed by atoms with van der Waals surface area (Å²) in [5.41, 5.74) is 2.64. The Hall–Kier alpha value is -2.97. The third-order valence-corrected chi connectivity index (χ3v) is 7.65. The highest BCUT2D eigenvalue weighted by atomic mass is 32.2. The number of piperidine rings is 1. The van der Waals surface area contributed by atoms with Gasteiger partial charge in [-0.1, -0.05) is 56.3 Å². The van der Waals surface area contributed by atoms with Gasteiger partial charge < -0.3 is 10.3 Å². The Bertz CT molecular complexity index is 1190. The van der Waals surface area contributed by atoms with E-state index in [1.54, 1.807) is 6.08 Å². The molecule has 2 aromatic carbocycles. The van der Waals surface area contributed by atoms with Crippen molar-refractivity contribution in [2.24, 2.45) is 11.8 Å². The van der Waals surface area contributed by atoms with Crippen LogP contribution in [0.1, 0.15) is 44.1 Å². The zero-order valence-electron chi connectivity index (χ0n) is 18.9. The molecular weight excluding hydrogens is 436 g/mol. The molecule has 174 valence electrons. The van der Waals surface area contributed by atoms with Crippen LogP contribution >= 0.6 is 0 Å². The van der Waals surface area contributed by atoms with Gasteiger partial charge in [0.2, 0.25) is 15.9 Å². The highest BCUT2D eigenvalue weighted by molar-refractivity contribution is 7.92. The number of rotatable bonds is 7. The monoisotopic (exact) mass is 466 g/mol. The largest absolute Gasteiger partial charge is 0.346 e. The molecule has 0 aliphatic carbocycles. The number of hydrogen-bond donors (Lipinski definition) is 2. The average molecular weight is 467 g/mol. The van der Waals surface area contributed by atoms with Crippen molar-refractivity contribution in [3.63, 3.8) is 0 Å². The van der Waals surface area contributed by atoms with Gasteiger partial charge in [0.25, 0.3) is 0 Å². The molecule has 0 radical (unpaired) electrons. The van der Waals surface area contributed by atoms with Crippen LogP contribution in [0.4, 0.5) is 0 Å². The molecule has 0 spiro atoms. The van der Waals surface area contributed by atoms with E-state index in [0.29, 0.717) is 25.9 Å². The van der Waals surface area contributed by atoms with E-state index in [2.05, 4.69) is 15.3 Å². The van der Waals surface area contributed by atoms with Crippen molar-refractivity contribution in [1.82, 2.24) is 19.6 Å². The van der Waals surface area contributed by atoms with E-state index in [4.69, 9.17) is 0 Å². The Morgan fingerprint density at radius 1 is 1.09 bits per heavy atom. The van der Waals surface area contributed by atoms with E-state index in [-0.39, 0.29) is 23.8 Å². The summed E-state index contributed by atoms with van der Waals surface area (Å²) in [6, 6.07) is 16.9. The molecule has 0 saturated carbocycles. The summed E-state index contributed by atoms with van der Waals surface area (Å²) in [5, 5.41) is 4.40. The third kappa shape index (κ3) is 5.51. The summed E-state index contributed by atoms with van der Waals surface area (Å²) in [5.74, 6) is 0.620. The predicted molar refractivity (Wildman–Crippen MR) is 131 cm³/mol. The lowest BCUT2D eigenvalue weighted by Crippen LogP contribution is -2.44. The van der Waals surface area contributed by atoms with Gasteiger partial charge in [-0.25, -0.2) is 13.4 Å². The summed E-state index contributed by atoms with van der Waals surface area (Å²) >= 11 is 0. The highest BCUT2D eigenvalue weighted by Gasteiger charge is 2.32. The number of amides is 1. The molecule has 2 heterocycles. The lowest BCUT2D eigenvalue weighted by atomic mass is 9.95. The molecular formula is C25H30N4O3S. The number of benzene rings is 2. The number of imidazole rings is 1. The Kier molecular flexibility index (Phi) is 6.95. The second-order valence-electron chi connectivity index (χ2n) is 8.80. The number of sulfonamides is 1. The average Bonchev–Trinajstić information content (AvgIpc) is 3.25. The van der Waals surface area contributed by atoms with Crippen molar-refractivity contribution in [3.8, 4) is 0 Å². The first-order valence-corrected chi connectivity index (χ1v) is 12.8. The van der Waals surface area contributed by atoms with E-state index < -0.39 is 10.0 Å². The molecule has 2 N–H and O–H groups in total. The van der Waals surface area contributed by atoms with Gasteiger partial charge in [0.15, 0.2) is 0 Å². The van der Waals surface area contributed by atoms with Crippen molar-refractivity contribution in [3.05, 3.63) is 71.4 Å². The molecule has 1 unspecified atom stereocenters. The molecule has 33 heavy (non-hydrogen) atoms. The first kappa shape index (κ1) is 23.2. The maximum atomic E-state index is 13.0. The number of aromatic nitrogens is 2. The number of nitrogens with zero attached hydrogens (tertiary/aromatic N) is 2. The van der Waals surface area contributed by atoms with Crippen molar-refractivity contribution >= 4 is 33.0 Å². The molecule has 1 amide bonds. The number of hydrogen-bond acceptors (Lipinski definition) is 4. The minimum Gasteiger partial charge on any atom is -0.346 e. The molecule has 1 aliphatic heterocycles. The van der Waals surface area contributed by atoms with Crippen molar-refractivity contribution < 1.29 is 13.2 Å². The minimum absolute atomic E-state index is 0.0500. The maximum absolute atomic E-state index is 13.0. The van der Waals surface area contributed by atoms with Crippen LogP contribution in [0.5, 0.6) is 0 Å². The quantitative estimate of drug-likeness (QED) is 0.548. The summed E-state index contributed by atoms with van der Waals surface area (Å²) < 4.78 is 26.9. The predicted octanol–water partition coefficient (Wildman–Crippen LogP) is 4.09. The molecule has 1 aliphatic rings. The van der Waals surface area contributed by atoms with Crippen LogP contribution in [-0.2, 0) is 14.8 Å². The summed E-state index contributed by atoms with van der Waals surface area (Å²) in [6.07, 6.45) is 2.60. The van der Waals surface area contributed by atoms with Gasteiger partial charge in [-0.05, 0) is 42.5 Å². The molecule has 0 bridgehead atoms. The van der Waals surface area contributed by atoms with Crippen LogP contribution in [0.3, 0.4) is 0 Å². The van der Waals surface area contributed by atoms with Gasteiger partial charge in [-0.2, -0.15) is 4.31 Å². The van der Waals surface area contributed by atoms with Gasteiger partial charge in [0.05, 0.1) is 17.1 Å². The van der Waals surface area contributed by atoms with E-state index in [9.17, 15) is 13.2 Å². The van der Waals surface area contributed by atoms with Crippen LogP contribution in [0, 0.1) is 11.8 Å². The van der Waals surface area contributed by atoms with Crippen LogP contribution in [0.15, 0.2) is 60.0 Å². The minimum atomic E-state index is -3.52. The Labute approximate surface area is 195 Å². The van der Waals surface area contributed by atoms with Crippen LogP contribution in [0.25, 0.3) is 17.1 Å². The second-order valence-corrected chi connectivity index (χ2v) is 10.6. The first-order valence-electron chi connectivity index (χ1n) is 11.3. The van der Waals surface area contributed by atoms with Crippen LogP contribution in [-0.4, -0.2) is 41.7 Å². The number of H-pyrrole nitrogens is 1. The van der Waals surface area contributed by atoms with E-state index in [0.717, 1.165) is 22.4 Å². The van der Waals surface area contributed by atoms with Gasteiger partial charge in [-0.15, -0.1) is 0 Å². The van der Waals surface area contributed by atoms with Crippen molar-refractivity contribution in [1.29, 1.82) is 0 Å². The molecule has 1 atom stereocenters. The molecule has 1 fully saturated rings. The second kappa shape index (κ2) is 9.89. The number of para-hydroxylation sites is 2. The fraction of sp³-hybridized carbons (Fsp3) is 0.360. The third-order valence-electron chi connectivity index (χ3n) is 6.08.